The molecule has 2 aromatic rings. The van der Waals surface area contributed by atoms with Gasteiger partial charge in [0.15, 0.2) is 29.1 Å². The Morgan fingerprint density at radius 2 is 1.66 bits per heavy atom. The molecule has 3 rings (SSSR count). The van der Waals surface area contributed by atoms with E-state index in [9.17, 15) is 46.0 Å². The minimum atomic E-state index is -1.76. The van der Waals surface area contributed by atoms with E-state index >= 15 is 0 Å². The molecule has 13 nitrogen and oxygen atoms in total. The van der Waals surface area contributed by atoms with Crippen LogP contribution in [0.2, 0.25) is 0 Å². The van der Waals surface area contributed by atoms with E-state index in [0.717, 1.165) is 0 Å². The third kappa shape index (κ3) is 6.57. The van der Waals surface area contributed by atoms with Gasteiger partial charge in [0.2, 0.25) is 12.0 Å². The lowest BCUT2D eigenvalue weighted by atomic mass is 9.99. The number of methoxy groups -OCH3 is 1. The van der Waals surface area contributed by atoms with Crippen LogP contribution in [0.1, 0.15) is 23.7 Å². The standard InChI is InChI=1S/C25H34O13/c1-35-16-9-13(4-5-14(16)29)20(31)18(10-27)36-24-15(30)7-12(3-2-6-26)8-17(24)37-25-23(34)22(33)21(32)19(11-28)38-25/h4-5,7-9,18-23,25-34H,2-3,6,10-11H2,1H3. The fourth-order valence-electron chi connectivity index (χ4n) is 4.01. The third-order valence-corrected chi connectivity index (χ3v) is 6.16. The van der Waals surface area contributed by atoms with Gasteiger partial charge in [-0.3, -0.25) is 0 Å². The lowest BCUT2D eigenvalue weighted by molar-refractivity contribution is -0.277. The zero-order chi connectivity index (χ0) is 28.0. The van der Waals surface area contributed by atoms with E-state index in [-0.39, 0.29) is 35.2 Å². The fourth-order valence-corrected chi connectivity index (χ4v) is 4.01. The molecule has 13 heteroatoms. The summed E-state index contributed by atoms with van der Waals surface area (Å²) in [4.78, 5) is 0. The Balaban J connectivity index is 1.95. The molecule has 0 spiro atoms. The second-order valence-corrected chi connectivity index (χ2v) is 8.80. The number of phenolic OH excluding ortho intramolecular Hbond substituents is 2. The zero-order valence-corrected chi connectivity index (χ0v) is 20.6. The average Bonchev–Trinajstić information content (AvgIpc) is 2.91. The number of phenols is 2. The predicted molar refractivity (Wildman–Crippen MR) is 129 cm³/mol. The van der Waals surface area contributed by atoms with E-state index in [1.165, 1.54) is 37.4 Å². The fraction of sp³-hybridized carbons (Fsp3) is 0.520. The number of aryl methyl sites for hydroxylation is 1. The summed E-state index contributed by atoms with van der Waals surface area (Å²) in [6.07, 6.45) is -10.1. The minimum absolute atomic E-state index is 0.0703. The second kappa shape index (κ2) is 13.3. The van der Waals surface area contributed by atoms with Crippen LogP contribution in [-0.4, -0.2) is 110 Å². The summed E-state index contributed by atoms with van der Waals surface area (Å²) in [5.74, 6) is -1.12. The highest BCUT2D eigenvalue weighted by atomic mass is 16.7. The van der Waals surface area contributed by atoms with Crippen molar-refractivity contribution in [1.29, 1.82) is 0 Å². The summed E-state index contributed by atoms with van der Waals surface area (Å²) in [5.41, 5.74) is 0.710. The molecular formula is C25H34O13. The Bertz CT molecular complexity index is 1050. The maximum Gasteiger partial charge on any atom is 0.229 e. The van der Waals surface area contributed by atoms with Crippen LogP contribution < -0.4 is 14.2 Å². The van der Waals surface area contributed by atoms with Crippen molar-refractivity contribution in [3.05, 3.63) is 41.5 Å². The van der Waals surface area contributed by atoms with Crippen LogP contribution in [0.5, 0.6) is 28.7 Å². The number of hydrogen-bond acceptors (Lipinski definition) is 13. The normalized spacial score (nSPS) is 25.0. The molecule has 7 unspecified atom stereocenters. The lowest BCUT2D eigenvalue weighted by Crippen LogP contribution is -2.60. The average molecular weight is 543 g/mol. The summed E-state index contributed by atoms with van der Waals surface area (Å²) in [7, 11) is 1.32. The number of aromatic hydroxyl groups is 2. The quantitative estimate of drug-likeness (QED) is 0.152. The smallest absolute Gasteiger partial charge is 0.229 e. The molecule has 0 radical (unpaired) electrons. The Morgan fingerprint density at radius 3 is 2.29 bits per heavy atom. The van der Waals surface area contributed by atoms with Crippen molar-refractivity contribution < 1.29 is 64.9 Å². The number of hydrogen-bond donors (Lipinski definition) is 9. The highest BCUT2D eigenvalue weighted by molar-refractivity contribution is 5.53. The molecule has 1 saturated heterocycles. The summed E-state index contributed by atoms with van der Waals surface area (Å²) in [5, 5.41) is 90.6. The lowest BCUT2D eigenvalue weighted by Gasteiger charge is -2.39. The van der Waals surface area contributed by atoms with Gasteiger partial charge in [0.05, 0.1) is 20.3 Å². The van der Waals surface area contributed by atoms with Crippen LogP contribution in [0.4, 0.5) is 0 Å². The maximum atomic E-state index is 10.9. The van der Waals surface area contributed by atoms with Crippen molar-refractivity contribution in [2.45, 2.75) is 55.8 Å². The molecule has 7 atom stereocenters. The summed E-state index contributed by atoms with van der Waals surface area (Å²) < 4.78 is 21.9. The van der Waals surface area contributed by atoms with Gasteiger partial charge < -0.3 is 64.9 Å². The summed E-state index contributed by atoms with van der Waals surface area (Å²) in [6, 6.07) is 6.76. The van der Waals surface area contributed by atoms with Gasteiger partial charge in [-0.05, 0) is 48.2 Å². The molecule has 9 N–H and O–H groups in total. The van der Waals surface area contributed by atoms with Crippen molar-refractivity contribution >= 4 is 0 Å². The van der Waals surface area contributed by atoms with Crippen molar-refractivity contribution in [3.63, 3.8) is 0 Å². The van der Waals surface area contributed by atoms with Gasteiger partial charge in [0, 0.05) is 6.61 Å². The van der Waals surface area contributed by atoms with Crippen LogP contribution in [0.3, 0.4) is 0 Å². The molecule has 212 valence electrons. The molecule has 0 aromatic heterocycles. The second-order valence-electron chi connectivity index (χ2n) is 8.80. The largest absolute Gasteiger partial charge is 0.504 e. The first-order valence-corrected chi connectivity index (χ1v) is 11.9. The molecule has 0 bridgehead atoms. The first kappa shape index (κ1) is 29.7. The van der Waals surface area contributed by atoms with Crippen molar-refractivity contribution in [2.75, 3.05) is 26.9 Å². The molecule has 0 saturated carbocycles. The van der Waals surface area contributed by atoms with Gasteiger partial charge >= 0.3 is 0 Å². The monoisotopic (exact) mass is 542 g/mol. The van der Waals surface area contributed by atoms with Gasteiger partial charge in [-0.25, -0.2) is 0 Å². The third-order valence-electron chi connectivity index (χ3n) is 6.16. The minimum Gasteiger partial charge on any atom is -0.504 e. The van der Waals surface area contributed by atoms with E-state index in [1.807, 2.05) is 0 Å². The summed E-state index contributed by atoms with van der Waals surface area (Å²) >= 11 is 0. The predicted octanol–water partition coefficient (Wildman–Crippen LogP) is -1.32. The molecule has 1 aliphatic heterocycles. The number of ether oxygens (including phenoxy) is 4. The Kier molecular flexibility index (Phi) is 10.4. The number of aliphatic hydroxyl groups is 7. The van der Waals surface area contributed by atoms with Gasteiger partial charge in [0.25, 0.3) is 0 Å². The van der Waals surface area contributed by atoms with Crippen molar-refractivity contribution in [3.8, 4) is 28.7 Å². The number of aliphatic hydroxyl groups excluding tert-OH is 7. The molecule has 0 aliphatic carbocycles. The van der Waals surface area contributed by atoms with E-state index in [2.05, 4.69) is 0 Å². The Hall–Kier alpha value is -2.88. The number of rotatable bonds is 12. The van der Waals surface area contributed by atoms with E-state index < -0.39 is 61.9 Å². The zero-order valence-electron chi connectivity index (χ0n) is 20.6. The molecule has 0 amide bonds. The van der Waals surface area contributed by atoms with E-state index in [1.54, 1.807) is 0 Å². The highest BCUT2D eigenvalue weighted by Crippen LogP contribution is 2.42. The molecule has 1 aliphatic rings. The van der Waals surface area contributed by atoms with E-state index in [0.29, 0.717) is 18.4 Å². The molecule has 1 heterocycles. The van der Waals surface area contributed by atoms with Gasteiger partial charge in [-0.15, -0.1) is 0 Å². The molecule has 1 fully saturated rings. The van der Waals surface area contributed by atoms with Crippen LogP contribution in [0.15, 0.2) is 30.3 Å². The summed E-state index contributed by atoms with van der Waals surface area (Å²) in [6.45, 7) is -1.54. The highest BCUT2D eigenvalue weighted by Gasteiger charge is 2.45. The Morgan fingerprint density at radius 1 is 0.921 bits per heavy atom. The first-order valence-electron chi connectivity index (χ1n) is 11.9. The Labute approximate surface area is 218 Å². The van der Waals surface area contributed by atoms with Crippen LogP contribution in [0, 0.1) is 0 Å². The van der Waals surface area contributed by atoms with Gasteiger partial charge in [-0.2, -0.15) is 0 Å². The van der Waals surface area contributed by atoms with Gasteiger partial charge in [0.1, 0.15) is 30.5 Å². The number of benzene rings is 2. The van der Waals surface area contributed by atoms with Crippen LogP contribution in [0.25, 0.3) is 0 Å². The van der Waals surface area contributed by atoms with Crippen molar-refractivity contribution in [2.24, 2.45) is 0 Å². The van der Waals surface area contributed by atoms with E-state index in [4.69, 9.17) is 18.9 Å². The first-order chi connectivity index (χ1) is 18.1. The molecular weight excluding hydrogens is 508 g/mol. The van der Waals surface area contributed by atoms with Crippen LogP contribution in [-0.2, 0) is 11.2 Å². The molecule has 38 heavy (non-hydrogen) atoms. The topological polar surface area (TPSA) is 219 Å². The molecule has 2 aromatic carbocycles. The SMILES string of the molecule is COc1cc(C(O)C(CO)Oc2c(O)cc(CCCO)cc2OC2OC(CO)C(O)C(O)C2O)ccc1O. The van der Waals surface area contributed by atoms with Crippen molar-refractivity contribution in [1.82, 2.24) is 0 Å². The maximum absolute atomic E-state index is 10.9. The van der Waals surface area contributed by atoms with Crippen LogP contribution >= 0.6 is 0 Å². The van der Waals surface area contributed by atoms with Gasteiger partial charge in [-0.1, -0.05) is 6.07 Å².